The molecule has 0 bridgehead atoms. The summed E-state index contributed by atoms with van der Waals surface area (Å²) in [5.74, 6) is 2.77. The largest absolute Gasteiger partial charge is 0.390 e. The third-order valence-electron chi connectivity index (χ3n) is 12.9. The van der Waals surface area contributed by atoms with Crippen LogP contribution in [0.4, 0.5) is 23.3 Å². The molecule has 10 rings (SSSR count). The van der Waals surface area contributed by atoms with Gasteiger partial charge in [-0.15, -0.1) is 0 Å². The van der Waals surface area contributed by atoms with Crippen molar-refractivity contribution in [1.29, 1.82) is 0 Å². The van der Waals surface area contributed by atoms with Crippen LogP contribution in [0.3, 0.4) is 0 Å². The molecular weight excluding hydrogens is 803 g/mol. The van der Waals surface area contributed by atoms with E-state index < -0.39 is 12.2 Å². The average Bonchev–Trinajstić information content (AvgIpc) is 3.91. The highest BCUT2D eigenvalue weighted by atomic mass is 16.5. The van der Waals surface area contributed by atoms with E-state index in [1.54, 1.807) is 6.92 Å². The number of hydrogen-bond donors (Lipinski definition) is 8. The number of rotatable bonds is 15. The molecule has 330 valence electrons. The van der Waals surface area contributed by atoms with Gasteiger partial charge in [0, 0.05) is 84.3 Å². The number of anilines is 4. The Morgan fingerprint density at radius 2 is 1.40 bits per heavy atom. The highest BCUT2D eigenvalue weighted by molar-refractivity contribution is 5.93. The molecule has 0 aliphatic carbocycles. The third kappa shape index (κ3) is 8.96. The number of aliphatic hydroxyl groups is 2. The number of aromatic nitrogens is 8. The van der Waals surface area contributed by atoms with Crippen LogP contribution in [-0.4, -0.2) is 161 Å². The van der Waals surface area contributed by atoms with Crippen LogP contribution in [0.2, 0.25) is 0 Å². The lowest BCUT2D eigenvalue weighted by Crippen LogP contribution is -2.41. The molecule has 2 aromatic carbocycles. The second-order valence-electron chi connectivity index (χ2n) is 17.4. The summed E-state index contributed by atoms with van der Waals surface area (Å²) in [6.45, 7) is 9.14. The number of β-amino-alcohol motifs (C(OH)–C–C–N with tert-alkyl or cyclic N) is 2. The minimum absolute atomic E-state index is 0.108. The molecule has 0 radical (unpaired) electrons. The van der Waals surface area contributed by atoms with Crippen molar-refractivity contribution < 1.29 is 19.7 Å². The molecule has 19 heteroatoms. The highest BCUT2D eigenvalue weighted by Crippen LogP contribution is 2.36. The number of ether oxygens (including phenoxy) is 1. The summed E-state index contributed by atoms with van der Waals surface area (Å²) < 4.78 is 5.28. The molecule has 8 heterocycles. The summed E-state index contributed by atoms with van der Waals surface area (Å²) >= 11 is 0. The SMILES string of the molecule is CC(=O)N1CCC(Nc2ncnc3c(NCC(O)CN4Cc5ccccc5C(c5ccc6c(c5)CN(C[C@H](O)CNc5n[nH]c7c(NC8COC8)ncnc57)CC6)C4)n[nH]c23)CC1. The number of H-pyrrole nitrogens is 2. The van der Waals surface area contributed by atoms with Gasteiger partial charge in [0.25, 0.3) is 0 Å². The van der Waals surface area contributed by atoms with Crippen LogP contribution in [0.15, 0.2) is 55.1 Å². The number of carbonyl (C=O) groups excluding carboxylic acids is 1. The number of carbonyl (C=O) groups is 1. The summed E-state index contributed by atoms with van der Waals surface area (Å²) in [5, 5.41) is 51.1. The van der Waals surface area contributed by atoms with E-state index in [0.717, 1.165) is 64.0 Å². The van der Waals surface area contributed by atoms with Crippen LogP contribution in [0.5, 0.6) is 0 Å². The number of benzene rings is 2. The van der Waals surface area contributed by atoms with E-state index in [1.165, 1.54) is 40.5 Å². The van der Waals surface area contributed by atoms with Crippen LogP contribution in [0, 0.1) is 0 Å². The van der Waals surface area contributed by atoms with Gasteiger partial charge in [-0.1, -0.05) is 42.5 Å². The van der Waals surface area contributed by atoms with E-state index in [-0.39, 0.29) is 23.9 Å². The molecule has 4 aliphatic rings. The summed E-state index contributed by atoms with van der Waals surface area (Å²) in [5.41, 5.74) is 9.24. The molecule has 4 aliphatic heterocycles. The lowest BCUT2D eigenvalue weighted by Gasteiger charge is -2.37. The Labute approximate surface area is 364 Å². The van der Waals surface area contributed by atoms with Crippen LogP contribution in [0.1, 0.15) is 53.5 Å². The Morgan fingerprint density at radius 3 is 2.05 bits per heavy atom. The van der Waals surface area contributed by atoms with E-state index >= 15 is 0 Å². The second-order valence-corrected chi connectivity index (χ2v) is 17.4. The Bertz CT molecular complexity index is 2550. The fraction of sp³-hybridized carbons (Fsp3) is 0.477. The van der Waals surface area contributed by atoms with Gasteiger partial charge < -0.3 is 41.1 Å². The maximum atomic E-state index is 11.8. The molecule has 2 saturated heterocycles. The van der Waals surface area contributed by atoms with E-state index in [1.807, 2.05) is 4.90 Å². The predicted octanol–water partition coefficient (Wildman–Crippen LogP) is 2.50. The van der Waals surface area contributed by atoms with Crippen molar-refractivity contribution in [2.75, 3.05) is 86.8 Å². The van der Waals surface area contributed by atoms with Crippen LogP contribution in [-0.2, 0) is 29.0 Å². The number of fused-ring (bicyclic) bond motifs is 4. The molecular formula is C44H55N15O4. The summed E-state index contributed by atoms with van der Waals surface area (Å²) in [6, 6.07) is 16.0. The van der Waals surface area contributed by atoms with Crippen LogP contribution < -0.4 is 21.3 Å². The monoisotopic (exact) mass is 857 g/mol. The normalized spacial score (nSPS) is 19.6. The Hall–Kier alpha value is -5.99. The smallest absolute Gasteiger partial charge is 0.219 e. The number of aromatic amines is 2. The number of aliphatic hydroxyl groups excluding tert-OH is 2. The van der Waals surface area contributed by atoms with Crippen molar-refractivity contribution in [3.63, 3.8) is 0 Å². The first-order chi connectivity index (χ1) is 30.8. The van der Waals surface area contributed by atoms with E-state index in [4.69, 9.17) is 4.74 Å². The van der Waals surface area contributed by atoms with Crippen LogP contribution in [0.25, 0.3) is 22.1 Å². The van der Waals surface area contributed by atoms with Gasteiger partial charge in [0.15, 0.2) is 23.3 Å². The number of likely N-dealkylation sites (tertiary alicyclic amines) is 1. The summed E-state index contributed by atoms with van der Waals surface area (Å²) in [6.07, 6.45) is 4.37. The van der Waals surface area contributed by atoms with E-state index in [9.17, 15) is 15.0 Å². The Morgan fingerprint density at radius 1 is 0.762 bits per heavy atom. The molecule has 63 heavy (non-hydrogen) atoms. The minimum Gasteiger partial charge on any atom is -0.390 e. The number of nitrogens with zero attached hydrogens (tertiary/aromatic N) is 9. The van der Waals surface area contributed by atoms with Gasteiger partial charge in [0.05, 0.1) is 31.5 Å². The molecule has 2 fully saturated rings. The number of piperidine rings is 1. The first-order valence-corrected chi connectivity index (χ1v) is 22.0. The molecule has 0 saturated carbocycles. The van der Waals surface area contributed by atoms with E-state index in [2.05, 4.69) is 114 Å². The van der Waals surface area contributed by atoms with Crippen molar-refractivity contribution in [2.24, 2.45) is 0 Å². The molecule has 6 aromatic rings. The number of hydrogen-bond acceptors (Lipinski definition) is 16. The quantitative estimate of drug-likeness (QED) is 0.0741. The van der Waals surface area contributed by atoms with Crippen molar-refractivity contribution in [3.8, 4) is 0 Å². The summed E-state index contributed by atoms with van der Waals surface area (Å²) in [4.78, 5) is 36.1. The fourth-order valence-corrected chi connectivity index (χ4v) is 9.45. The van der Waals surface area contributed by atoms with Gasteiger partial charge in [-0.2, -0.15) is 10.2 Å². The number of nitrogens with one attached hydrogen (secondary N) is 6. The lowest BCUT2D eigenvalue weighted by molar-refractivity contribution is -0.129. The first kappa shape index (κ1) is 41.0. The summed E-state index contributed by atoms with van der Waals surface area (Å²) in [7, 11) is 0. The minimum atomic E-state index is -0.659. The Balaban J connectivity index is 0.748. The molecule has 2 unspecified atom stereocenters. The van der Waals surface area contributed by atoms with Crippen molar-refractivity contribution in [2.45, 2.75) is 69.5 Å². The maximum absolute atomic E-state index is 11.8. The van der Waals surface area contributed by atoms with Gasteiger partial charge >= 0.3 is 0 Å². The third-order valence-corrected chi connectivity index (χ3v) is 12.9. The zero-order chi connectivity index (χ0) is 42.9. The van der Waals surface area contributed by atoms with Gasteiger partial charge in [-0.3, -0.25) is 24.8 Å². The molecule has 0 spiro atoms. The van der Waals surface area contributed by atoms with Gasteiger partial charge in [0.2, 0.25) is 5.91 Å². The van der Waals surface area contributed by atoms with Gasteiger partial charge in [0.1, 0.15) is 34.7 Å². The molecule has 1 amide bonds. The van der Waals surface area contributed by atoms with Crippen LogP contribution >= 0.6 is 0 Å². The molecule has 19 nitrogen and oxygen atoms in total. The van der Waals surface area contributed by atoms with E-state index in [0.29, 0.717) is 79.2 Å². The topological polar surface area (TPSA) is 234 Å². The highest BCUT2D eigenvalue weighted by Gasteiger charge is 2.30. The maximum Gasteiger partial charge on any atom is 0.219 e. The molecule has 3 atom stereocenters. The Kier molecular flexibility index (Phi) is 11.7. The zero-order valence-electron chi connectivity index (χ0n) is 35.4. The standard InChI is InChI=1S/C44H55N15O4/c1-26(60)59-12-9-31(10-13-59)51-41-39-37(47-24-49-41)43(55-53-39)46-16-34(62)20-58-17-29-4-2-3-5-35(29)36(21-58)28-7-6-27-8-11-57(18-30(27)14-28)19-33(61)15-45-44-38-40(54-56-44)42(50-25-48-38)52-32-22-63-23-32/h2-7,14,24-25,31-34,36,61-62H,8-13,15-23H2,1H3,(H2,45,54,56)(H2,46,53,55)(H,47,49,51)(H,48,50,52)/t33-,34?,36?/m1/s1. The first-order valence-electron chi connectivity index (χ1n) is 22.0. The van der Waals surface area contributed by atoms with Gasteiger partial charge in [-0.05, 0) is 47.1 Å². The predicted molar refractivity (Wildman–Crippen MR) is 238 cm³/mol. The number of amides is 1. The van der Waals surface area contributed by atoms with Crippen molar-refractivity contribution >= 4 is 51.2 Å². The molecule has 4 aromatic heterocycles. The lowest BCUT2D eigenvalue weighted by atomic mass is 9.83. The van der Waals surface area contributed by atoms with Gasteiger partial charge in [-0.25, -0.2) is 19.9 Å². The van der Waals surface area contributed by atoms with Crippen molar-refractivity contribution in [3.05, 3.63) is 82.9 Å². The molecule has 8 N–H and O–H groups in total. The average molecular weight is 858 g/mol. The second kappa shape index (κ2) is 18.0. The fourth-order valence-electron chi connectivity index (χ4n) is 9.45. The van der Waals surface area contributed by atoms with Crippen molar-refractivity contribution in [1.82, 2.24) is 55.0 Å². The zero-order valence-corrected chi connectivity index (χ0v) is 35.4.